The SMILES string of the molecule is O=C(c1ccccc1Oc1ccccc1)N1CCN(c2ccc(-c3noc(C(F)(F)F)n3)cn2)CC1. The third kappa shape index (κ3) is 4.99. The van der Waals surface area contributed by atoms with E-state index in [9.17, 15) is 18.0 Å². The Labute approximate surface area is 203 Å². The van der Waals surface area contributed by atoms with E-state index < -0.39 is 12.1 Å². The molecule has 2 aromatic heterocycles. The molecule has 3 heterocycles. The van der Waals surface area contributed by atoms with E-state index in [2.05, 4.69) is 19.6 Å². The van der Waals surface area contributed by atoms with E-state index in [-0.39, 0.29) is 11.7 Å². The summed E-state index contributed by atoms with van der Waals surface area (Å²) in [5.74, 6) is 0.0580. The van der Waals surface area contributed by atoms with Crippen LogP contribution in [0.5, 0.6) is 11.5 Å². The Morgan fingerprint density at radius 2 is 1.64 bits per heavy atom. The topological polar surface area (TPSA) is 84.6 Å². The van der Waals surface area contributed by atoms with E-state index in [1.807, 2.05) is 41.3 Å². The largest absolute Gasteiger partial charge is 0.471 e. The predicted molar refractivity (Wildman–Crippen MR) is 124 cm³/mol. The van der Waals surface area contributed by atoms with Crippen LogP contribution in [0.15, 0.2) is 77.4 Å². The molecular weight excluding hydrogens is 475 g/mol. The van der Waals surface area contributed by atoms with Gasteiger partial charge in [-0.25, -0.2) is 4.98 Å². The summed E-state index contributed by atoms with van der Waals surface area (Å²) in [4.78, 5) is 24.7. The Bertz CT molecular complexity index is 1340. The van der Waals surface area contributed by atoms with Crippen LogP contribution in [0.2, 0.25) is 0 Å². The van der Waals surface area contributed by atoms with Gasteiger partial charge in [0.1, 0.15) is 17.3 Å². The van der Waals surface area contributed by atoms with Gasteiger partial charge in [0.25, 0.3) is 5.91 Å². The predicted octanol–water partition coefficient (Wildman–Crippen LogP) is 4.91. The second kappa shape index (κ2) is 9.68. The first-order chi connectivity index (χ1) is 17.4. The smallest absolute Gasteiger partial charge is 0.457 e. The molecule has 4 aromatic rings. The molecule has 0 unspecified atom stereocenters. The van der Waals surface area contributed by atoms with Gasteiger partial charge in [-0.2, -0.15) is 18.2 Å². The minimum absolute atomic E-state index is 0.123. The molecule has 0 spiro atoms. The molecular formula is C25H20F3N5O3. The second-order valence-electron chi connectivity index (χ2n) is 8.02. The maximum Gasteiger partial charge on any atom is 0.471 e. The number of piperazine rings is 1. The van der Waals surface area contributed by atoms with E-state index in [0.717, 1.165) is 0 Å². The molecule has 0 atom stereocenters. The summed E-state index contributed by atoms with van der Waals surface area (Å²) in [6, 6.07) is 19.7. The first-order valence-corrected chi connectivity index (χ1v) is 11.1. The van der Waals surface area contributed by atoms with Crippen molar-refractivity contribution in [2.24, 2.45) is 0 Å². The average molecular weight is 495 g/mol. The van der Waals surface area contributed by atoms with Crippen LogP contribution in [-0.4, -0.2) is 52.1 Å². The highest BCUT2D eigenvalue weighted by molar-refractivity contribution is 5.97. The molecule has 0 N–H and O–H groups in total. The zero-order valence-corrected chi connectivity index (χ0v) is 18.9. The minimum atomic E-state index is -4.70. The molecule has 0 radical (unpaired) electrons. The van der Waals surface area contributed by atoms with Crippen LogP contribution >= 0.6 is 0 Å². The number of hydrogen-bond donors (Lipinski definition) is 0. The summed E-state index contributed by atoms with van der Waals surface area (Å²) in [5, 5.41) is 3.37. The maximum absolute atomic E-state index is 13.2. The van der Waals surface area contributed by atoms with Crippen LogP contribution in [0, 0.1) is 0 Å². The van der Waals surface area contributed by atoms with Crippen molar-refractivity contribution < 1.29 is 27.2 Å². The zero-order chi connectivity index (χ0) is 25.1. The number of rotatable bonds is 5. The molecule has 0 bridgehead atoms. The van der Waals surface area contributed by atoms with Crippen LogP contribution in [0.1, 0.15) is 16.2 Å². The van der Waals surface area contributed by atoms with E-state index in [1.54, 1.807) is 35.2 Å². The van der Waals surface area contributed by atoms with Gasteiger partial charge < -0.3 is 19.1 Å². The number of ether oxygens (including phenoxy) is 1. The van der Waals surface area contributed by atoms with E-state index in [1.165, 1.54) is 6.20 Å². The molecule has 1 amide bonds. The molecule has 11 heteroatoms. The first-order valence-electron chi connectivity index (χ1n) is 11.1. The lowest BCUT2D eigenvalue weighted by Gasteiger charge is -2.35. The minimum Gasteiger partial charge on any atom is -0.457 e. The summed E-state index contributed by atoms with van der Waals surface area (Å²) in [6.07, 6.45) is -3.31. The number of pyridine rings is 1. The third-order valence-electron chi connectivity index (χ3n) is 5.65. The summed E-state index contributed by atoms with van der Waals surface area (Å²) < 4.78 is 48.3. The van der Waals surface area contributed by atoms with Crippen LogP contribution in [-0.2, 0) is 6.18 Å². The number of benzene rings is 2. The molecule has 0 saturated carbocycles. The zero-order valence-electron chi connectivity index (χ0n) is 18.9. The van der Waals surface area contributed by atoms with Crippen molar-refractivity contribution in [1.82, 2.24) is 20.0 Å². The molecule has 1 aliphatic rings. The Balaban J connectivity index is 1.22. The Morgan fingerprint density at radius 1 is 0.917 bits per heavy atom. The fourth-order valence-electron chi connectivity index (χ4n) is 3.82. The molecule has 1 saturated heterocycles. The average Bonchev–Trinajstić information content (AvgIpc) is 3.41. The molecule has 36 heavy (non-hydrogen) atoms. The number of halogens is 3. The maximum atomic E-state index is 13.2. The molecule has 184 valence electrons. The second-order valence-corrected chi connectivity index (χ2v) is 8.02. The molecule has 2 aromatic carbocycles. The number of para-hydroxylation sites is 2. The number of amides is 1. The Hall–Kier alpha value is -4.41. The van der Waals surface area contributed by atoms with Crippen molar-refractivity contribution in [2.75, 3.05) is 31.1 Å². The van der Waals surface area contributed by atoms with Gasteiger partial charge in [-0.1, -0.05) is 35.5 Å². The summed E-state index contributed by atoms with van der Waals surface area (Å²) in [6.45, 7) is 2.03. The lowest BCUT2D eigenvalue weighted by Crippen LogP contribution is -2.49. The summed E-state index contributed by atoms with van der Waals surface area (Å²) in [5.41, 5.74) is 0.789. The van der Waals surface area contributed by atoms with Crippen LogP contribution in [0.25, 0.3) is 11.4 Å². The highest BCUT2D eigenvalue weighted by Gasteiger charge is 2.38. The van der Waals surface area contributed by atoms with E-state index in [0.29, 0.717) is 54.6 Å². The van der Waals surface area contributed by atoms with Crippen molar-refractivity contribution in [3.63, 3.8) is 0 Å². The number of carbonyl (C=O) groups is 1. The van der Waals surface area contributed by atoms with Gasteiger partial charge in [0.2, 0.25) is 5.82 Å². The molecule has 1 fully saturated rings. The number of hydrogen-bond acceptors (Lipinski definition) is 7. The highest BCUT2D eigenvalue weighted by atomic mass is 19.4. The van der Waals surface area contributed by atoms with Gasteiger partial charge in [-0.3, -0.25) is 4.79 Å². The molecule has 1 aliphatic heterocycles. The standard InChI is InChI=1S/C25H20F3N5O3/c26-25(27,28)24-30-22(31-36-24)17-10-11-21(29-16-17)32-12-14-33(15-13-32)23(34)19-8-4-5-9-20(19)35-18-6-2-1-3-7-18/h1-11,16H,12-15H2. The van der Waals surface area contributed by atoms with Gasteiger partial charge in [-0.15, -0.1) is 0 Å². The van der Waals surface area contributed by atoms with Crippen molar-refractivity contribution in [3.8, 4) is 22.9 Å². The number of aromatic nitrogens is 3. The van der Waals surface area contributed by atoms with Gasteiger partial charge in [0.15, 0.2) is 0 Å². The van der Waals surface area contributed by atoms with Gasteiger partial charge in [-0.05, 0) is 36.4 Å². The lowest BCUT2D eigenvalue weighted by molar-refractivity contribution is -0.159. The molecule has 8 nitrogen and oxygen atoms in total. The Kier molecular flexibility index (Phi) is 6.28. The van der Waals surface area contributed by atoms with Crippen LogP contribution in [0.3, 0.4) is 0 Å². The van der Waals surface area contributed by atoms with Crippen molar-refractivity contribution >= 4 is 11.7 Å². The fourth-order valence-corrected chi connectivity index (χ4v) is 3.82. The quantitative estimate of drug-likeness (QED) is 0.389. The Morgan fingerprint density at radius 3 is 2.31 bits per heavy atom. The van der Waals surface area contributed by atoms with E-state index >= 15 is 0 Å². The van der Waals surface area contributed by atoms with Crippen molar-refractivity contribution in [2.45, 2.75) is 6.18 Å². The molecule has 0 aliphatic carbocycles. The number of carbonyl (C=O) groups excluding carboxylic acids is 1. The number of anilines is 1. The van der Waals surface area contributed by atoms with Gasteiger partial charge >= 0.3 is 12.1 Å². The van der Waals surface area contributed by atoms with Gasteiger partial charge in [0.05, 0.1) is 5.56 Å². The monoisotopic (exact) mass is 495 g/mol. The number of nitrogens with zero attached hydrogens (tertiary/aromatic N) is 5. The van der Waals surface area contributed by atoms with Crippen LogP contribution in [0.4, 0.5) is 19.0 Å². The molecule has 5 rings (SSSR count). The van der Waals surface area contributed by atoms with Crippen molar-refractivity contribution in [1.29, 1.82) is 0 Å². The van der Waals surface area contributed by atoms with Crippen LogP contribution < -0.4 is 9.64 Å². The summed E-state index contributed by atoms with van der Waals surface area (Å²) >= 11 is 0. The first kappa shape index (κ1) is 23.3. The fraction of sp³-hybridized carbons (Fsp3) is 0.200. The number of alkyl halides is 3. The lowest BCUT2D eigenvalue weighted by atomic mass is 10.1. The highest BCUT2D eigenvalue weighted by Crippen LogP contribution is 2.30. The summed E-state index contributed by atoms with van der Waals surface area (Å²) in [7, 11) is 0. The van der Waals surface area contributed by atoms with Crippen molar-refractivity contribution in [3.05, 3.63) is 84.4 Å². The normalized spacial score (nSPS) is 14.1. The third-order valence-corrected chi connectivity index (χ3v) is 5.65. The van der Waals surface area contributed by atoms with E-state index in [4.69, 9.17) is 4.74 Å². The van der Waals surface area contributed by atoms with Gasteiger partial charge in [0, 0.05) is 37.9 Å².